The Kier molecular flexibility index (Phi) is 7.38. The van der Waals surface area contributed by atoms with Crippen molar-refractivity contribution >= 4 is 12.3 Å². The Hall–Kier alpha value is -2.24. The van der Waals surface area contributed by atoms with Crippen molar-refractivity contribution in [1.29, 1.82) is 0 Å². The molecule has 6 nitrogen and oxygen atoms in total. The van der Waals surface area contributed by atoms with Crippen molar-refractivity contribution in [3.63, 3.8) is 0 Å². The molecule has 0 saturated heterocycles. The molecule has 0 aliphatic rings. The van der Waals surface area contributed by atoms with Gasteiger partial charge in [-0.3, -0.25) is 0 Å². The van der Waals surface area contributed by atoms with Gasteiger partial charge in [0.25, 0.3) is 0 Å². The molecule has 0 radical (unpaired) electrons. The monoisotopic (exact) mass is 322 g/mol. The predicted octanol–water partition coefficient (Wildman–Crippen LogP) is 3.73. The Morgan fingerprint density at radius 2 is 1.96 bits per heavy atom. The van der Waals surface area contributed by atoms with Crippen molar-refractivity contribution in [3.8, 4) is 11.5 Å². The second kappa shape index (κ2) is 9.02. The lowest BCUT2D eigenvalue weighted by Crippen LogP contribution is -2.29. The van der Waals surface area contributed by atoms with E-state index in [4.69, 9.17) is 14.2 Å². The normalized spacial score (nSPS) is 11.3. The minimum atomic E-state index is -0.596. The molecule has 0 aliphatic heterocycles. The van der Waals surface area contributed by atoms with Gasteiger partial charge in [0, 0.05) is 0 Å². The van der Waals surface area contributed by atoms with Crippen LogP contribution in [0.5, 0.6) is 11.5 Å². The van der Waals surface area contributed by atoms with E-state index in [2.05, 4.69) is 10.5 Å². The first-order chi connectivity index (χ1) is 10.9. The number of benzene rings is 1. The van der Waals surface area contributed by atoms with E-state index in [1.165, 1.54) is 6.21 Å². The summed E-state index contributed by atoms with van der Waals surface area (Å²) in [6, 6.07) is 5.48. The highest BCUT2D eigenvalue weighted by Gasteiger charge is 2.15. The summed E-state index contributed by atoms with van der Waals surface area (Å²) in [5.74, 6) is 1.35. The fourth-order valence-corrected chi connectivity index (χ4v) is 1.66. The largest absolute Gasteiger partial charge is 0.490 e. The van der Waals surface area contributed by atoms with E-state index in [1.807, 2.05) is 32.0 Å². The molecule has 1 aromatic rings. The lowest BCUT2D eigenvalue weighted by atomic mass is 10.2. The maximum Gasteiger partial charge on any atom is 0.428 e. The van der Waals surface area contributed by atoms with Gasteiger partial charge in [-0.25, -0.2) is 10.2 Å². The third-order valence-electron chi connectivity index (χ3n) is 2.50. The van der Waals surface area contributed by atoms with E-state index in [-0.39, 0.29) is 0 Å². The summed E-state index contributed by atoms with van der Waals surface area (Å²) in [4.78, 5) is 11.5. The van der Waals surface area contributed by atoms with Gasteiger partial charge in [-0.2, -0.15) is 5.10 Å². The topological polar surface area (TPSA) is 69.2 Å². The zero-order valence-corrected chi connectivity index (χ0v) is 14.5. The smallest absolute Gasteiger partial charge is 0.428 e. The summed E-state index contributed by atoms with van der Waals surface area (Å²) >= 11 is 0. The molecule has 128 valence electrons. The molecular formula is C17H26N2O4. The maximum atomic E-state index is 11.5. The van der Waals surface area contributed by atoms with E-state index in [1.54, 1.807) is 20.8 Å². The molecule has 1 amide bonds. The van der Waals surface area contributed by atoms with Crippen molar-refractivity contribution in [2.45, 2.75) is 46.6 Å². The second-order valence-corrected chi connectivity index (χ2v) is 5.86. The summed E-state index contributed by atoms with van der Waals surface area (Å²) < 4.78 is 16.3. The van der Waals surface area contributed by atoms with Crippen LogP contribution in [0, 0.1) is 0 Å². The number of amides is 1. The molecule has 0 fully saturated rings. The number of nitrogens with zero attached hydrogens (tertiary/aromatic N) is 1. The summed E-state index contributed by atoms with van der Waals surface area (Å²) in [7, 11) is 0. The Labute approximate surface area is 137 Å². The summed E-state index contributed by atoms with van der Waals surface area (Å²) in [5, 5.41) is 3.87. The van der Waals surface area contributed by atoms with Crippen LogP contribution >= 0.6 is 0 Å². The van der Waals surface area contributed by atoms with Crippen LogP contribution in [-0.2, 0) is 4.74 Å². The molecule has 0 aliphatic carbocycles. The molecular weight excluding hydrogens is 296 g/mol. The Morgan fingerprint density at radius 1 is 1.22 bits per heavy atom. The first-order valence-corrected chi connectivity index (χ1v) is 7.77. The van der Waals surface area contributed by atoms with Gasteiger partial charge in [0.1, 0.15) is 5.60 Å². The molecule has 0 bridgehead atoms. The van der Waals surface area contributed by atoms with Crippen LogP contribution in [0.25, 0.3) is 0 Å². The number of hydrogen-bond acceptors (Lipinski definition) is 5. The lowest BCUT2D eigenvalue weighted by Gasteiger charge is -2.18. The summed E-state index contributed by atoms with van der Waals surface area (Å²) in [6.07, 6.45) is 1.85. The van der Waals surface area contributed by atoms with Crippen molar-refractivity contribution < 1.29 is 19.0 Å². The molecule has 0 unspecified atom stereocenters. The van der Waals surface area contributed by atoms with Crippen molar-refractivity contribution in [3.05, 3.63) is 23.8 Å². The van der Waals surface area contributed by atoms with Gasteiger partial charge in [0.2, 0.25) is 0 Å². The number of carbonyl (C=O) groups is 1. The number of rotatable bonds is 7. The van der Waals surface area contributed by atoms with Gasteiger partial charge in [0.15, 0.2) is 11.5 Å². The second-order valence-electron chi connectivity index (χ2n) is 5.86. The van der Waals surface area contributed by atoms with E-state index in [0.717, 1.165) is 12.0 Å². The Balaban J connectivity index is 2.71. The van der Waals surface area contributed by atoms with Crippen LogP contribution in [0.3, 0.4) is 0 Å². The molecule has 0 aromatic heterocycles. The minimum absolute atomic E-state index is 0.541. The zero-order chi connectivity index (χ0) is 17.3. The van der Waals surface area contributed by atoms with Crippen LogP contribution in [0.2, 0.25) is 0 Å². The first kappa shape index (κ1) is 18.8. The van der Waals surface area contributed by atoms with Crippen LogP contribution in [0.4, 0.5) is 4.79 Å². The average molecular weight is 322 g/mol. The SMILES string of the molecule is CCCOc1ccc(/C=N\NC(=O)OC(C)(C)C)cc1OCC. The zero-order valence-electron chi connectivity index (χ0n) is 14.5. The number of ether oxygens (including phenoxy) is 3. The maximum absolute atomic E-state index is 11.5. The third-order valence-corrected chi connectivity index (χ3v) is 2.50. The van der Waals surface area contributed by atoms with E-state index in [0.29, 0.717) is 24.7 Å². The number of hydrogen-bond donors (Lipinski definition) is 1. The van der Waals surface area contributed by atoms with Crippen molar-refractivity contribution in [2.24, 2.45) is 5.10 Å². The molecule has 23 heavy (non-hydrogen) atoms. The van der Waals surface area contributed by atoms with Crippen LogP contribution < -0.4 is 14.9 Å². The molecule has 0 spiro atoms. The van der Waals surface area contributed by atoms with Gasteiger partial charge in [0.05, 0.1) is 19.4 Å². The number of nitrogens with one attached hydrogen (secondary N) is 1. The molecule has 1 N–H and O–H groups in total. The number of carbonyl (C=O) groups excluding carboxylic acids is 1. The first-order valence-electron chi connectivity index (χ1n) is 7.77. The highest BCUT2D eigenvalue weighted by atomic mass is 16.6. The average Bonchev–Trinajstić information content (AvgIpc) is 2.45. The molecule has 1 rings (SSSR count). The quantitative estimate of drug-likeness (QED) is 0.613. The minimum Gasteiger partial charge on any atom is -0.490 e. The van der Waals surface area contributed by atoms with Gasteiger partial charge < -0.3 is 14.2 Å². The predicted molar refractivity (Wildman–Crippen MR) is 90.4 cm³/mol. The van der Waals surface area contributed by atoms with Gasteiger partial charge in [-0.05, 0) is 57.9 Å². The molecule has 0 saturated carbocycles. The van der Waals surface area contributed by atoms with Crippen molar-refractivity contribution in [1.82, 2.24) is 5.43 Å². The van der Waals surface area contributed by atoms with Gasteiger partial charge in [-0.15, -0.1) is 0 Å². The standard InChI is InChI=1S/C17H26N2O4/c1-6-10-22-14-9-8-13(11-15(14)21-7-2)12-18-19-16(20)23-17(3,4)5/h8-9,11-12H,6-7,10H2,1-5H3,(H,19,20)/b18-12-. The molecule has 0 heterocycles. The fourth-order valence-electron chi connectivity index (χ4n) is 1.66. The fraction of sp³-hybridized carbons (Fsp3) is 0.529. The lowest BCUT2D eigenvalue weighted by molar-refractivity contribution is 0.0529. The molecule has 0 atom stereocenters. The third kappa shape index (κ3) is 7.54. The van der Waals surface area contributed by atoms with Crippen molar-refractivity contribution in [2.75, 3.05) is 13.2 Å². The van der Waals surface area contributed by atoms with Gasteiger partial charge in [-0.1, -0.05) is 6.92 Å². The van der Waals surface area contributed by atoms with E-state index < -0.39 is 11.7 Å². The highest BCUT2D eigenvalue weighted by molar-refractivity contribution is 5.82. The molecule has 6 heteroatoms. The Morgan fingerprint density at radius 3 is 2.57 bits per heavy atom. The van der Waals surface area contributed by atoms with E-state index >= 15 is 0 Å². The highest BCUT2D eigenvalue weighted by Crippen LogP contribution is 2.28. The van der Waals surface area contributed by atoms with Gasteiger partial charge >= 0.3 is 6.09 Å². The number of hydrazone groups is 1. The van der Waals surface area contributed by atoms with Crippen LogP contribution in [0.1, 0.15) is 46.6 Å². The van der Waals surface area contributed by atoms with Crippen LogP contribution in [-0.4, -0.2) is 31.1 Å². The molecule has 1 aromatic carbocycles. The summed E-state index contributed by atoms with van der Waals surface area (Å²) in [5.41, 5.74) is 2.55. The summed E-state index contributed by atoms with van der Waals surface area (Å²) in [6.45, 7) is 10.5. The van der Waals surface area contributed by atoms with Crippen LogP contribution in [0.15, 0.2) is 23.3 Å². The Bertz CT molecular complexity index is 536. The van der Waals surface area contributed by atoms with E-state index in [9.17, 15) is 4.79 Å².